The van der Waals surface area contributed by atoms with Gasteiger partial charge in [-0.25, -0.2) is 13.2 Å². The van der Waals surface area contributed by atoms with Gasteiger partial charge in [-0.15, -0.1) is 0 Å². The molecule has 2 aromatic rings. The summed E-state index contributed by atoms with van der Waals surface area (Å²) >= 11 is 0. The van der Waals surface area contributed by atoms with Gasteiger partial charge in [0.2, 0.25) is 0 Å². The minimum absolute atomic E-state index is 0.0721. The number of nitrogens with zero attached hydrogens (tertiary/aromatic N) is 2. The zero-order valence-corrected chi connectivity index (χ0v) is 20.0. The molecule has 7 nitrogen and oxygen atoms in total. The normalized spacial score (nSPS) is 10.9. The predicted octanol–water partition coefficient (Wildman–Crippen LogP) is 3.33. The van der Waals surface area contributed by atoms with Gasteiger partial charge in [-0.3, -0.25) is 9.21 Å². The van der Waals surface area contributed by atoms with Crippen molar-refractivity contribution in [2.45, 2.75) is 25.7 Å². The van der Waals surface area contributed by atoms with Crippen molar-refractivity contribution in [2.24, 2.45) is 0 Å². The summed E-state index contributed by atoms with van der Waals surface area (Å²) in [6.07, 6.45) is 0. The standard InChI is InChI=1S/C24H30N2O5S/c1-6-25(7-2)17-8-9-18-26(23-19(3)11-10-12-22(23)24(27)31-5)32(28,29)21-15-13-20(30-4)14-16-21/h10-16H,6-7,17-18H2,1-5H3. The number of ether oxygens (including phenoxy) is 2. The minimum Gasteiger partial charge on any atom is -0.497 e. The van der Waals surface area contributed by atoms with Crippen molar-refractivity contribution in [3.05, 3.63) is 53.6 Å². The molecule has 0 saturated heterocycles. The second kappa shape index (κ2) is 11.6. The molecule has 0 saturated carbocycles. The lowest BCUT2D eigenvalue weighted by Crippen LogP contribution is -2.33. The van der Waals surface area contributed by atoms with Gasteiger partial charge in [-0.05, 0) is 55.9 Å². The highest BCUT2D eigenvalue weighted by atomic mass is 32.2. The van der Waals surface area contributed by atoms with E-state index in [0.29, 0.717) is 17.9 Å². The number of benzene rings is 2. The van der Waals surface area contributed by atoms with Crippen LogP contribution < -0.4 is 9.04 Å². The first-order chi connectivity index (χ1) is 15.3. The second-order valence-electron chi connectivity index (χ2n) is 6.96. The van der Waals surface area contributed by atoms with Gasteiger partial charge in [0, 0.05) is 0 Å². The lowest BCUT2D eigenvalue weighted by atomic mass is 10.1. The quantitative estimate of drug-likeness (QED) is 0.424. The molecule has 0 aliphatic carbocycles. The maximum absolute atomic E-state index is 13.6. The van der Waals surface area contributed by atoms with Crippen LogP contribution in [0.4, 0.5) is 5.69 Å². The van der Waals surface area contributed by atoms with Gasteiger partial charge in [0.15, 0.2) is 0 Å². The molecule has 32 heavy (non-hydrogen) atoms. The first-order valence-electron chi connectivity index (χ1n) is 10.3. The number of anilines is 1. The number of hydrogen-bond acceptors (Lipinski definition) is 6. The van der Waals surface area contributed by atoms with Crippen LogP contribution in [0.15, 0.2) is 47.4 Å². The predicted molar refractivity (Wildman–Crippen MR) is 126 cm³/mol. The van der Waals surface area contributed by atoms with Gasteiger partial charge in [0.25, 0.3) is 10.0 Å². The Morgan fingerprint density at radius 1 is 0.969 bits per heavy atom. The molecule has 172 valence electrons. The van der Waals surface area contributed by atoms with Crippen LogP contribution in [-0.2, 0) is 14.8 Å². The zero-order valence-electron chi connectivity index (χ0n) is 19.2. The molecule has 2 rings (SSSR count). The number of para-hydroxylation sites is 1. The molecular formula is C24H30N2O5S. The molecule has 0 aliphatic rings. The number of aryl methyl sites for hydroxylation is 1. The maximum atomic E-state index is 13.6. The minimum atomic E-state index is -4.02. The number of carbonyl (C=O) groups is 1. The molecular weight excluding hydrogens is 428 g/mol. The largest absolute Gasteiger partial charge is 0.497 e. The number of carbonyl (C=O) groups excluding carboxylic acids is 1. The Kier molecular flexibility index (Phi) is 9.12. The van der Waals surface area contributed by atoms with E-state index in [0.717, 1.165) is 13.1 Å². The topological polar surface area (TPSA) is 76.2 Å². The fourth-order valence-corrected chi connectivity index (χ4v) is 4.62. The molecule has 0 bridgehead atoms. The van der Waals surface area contributed by atoms with Gasteiger partial charge in [-0.1, -0.05) is 37.8 Å². The Hall–Kier alpha value is -3.02. The van der Waals surface area contributed by atoms with Crippen molar-refractivity contribution in [1.82, 2.24) is 4.90 Å². The zero-order chi connectivity index (χ0) is 23.7. The van der Waals surface area contributed by atoms with E-state index in [1.165, 1.54) is 30.7 Å². The molecule has 0 radical (unpaired) electrons. The van der Waals surface area contributed by atoms with Crippen LogP contribution in [0, 0.1) is 18.8 Å². The second-order valence-corrected chi connectivity index (χ2v) is 8.83. The summed E-state index contributed by atoms with van der Waals surface area (Å²) in [6.45, 7) is 7.96. The van der Waals surface area contributed by atoms with Gasteiger partial charge in [0.1, 0.15) is 5.75 Å². The summed E-state index contributed by atoms with van der Waals surface area (Å²) in [5.74, 6) is 5.94. The molecule has 0 atom stereocenters. The highest BCUT2D eigenvalue weighted by Gasteiger charge is 2.29. The van der Waals surface area contributed by atoms with Crippen LogP contribution in [0.1, 0.15) is 29.8 Å². The molecule has 0 aromatic heterocycles. The molecule has 0 heterocycles. The third-order valence-corrected chi connectivity index (χ3v) is 6.84. The Morgan fingerprint density at radius 3 is 2.16 bits per heavy atom. The molecule has 0 amide bonds. The molecule has 0 aliphatic heterocycles. The maximum Gasteiger partial charge on any atom is 0.340 e. The van der Waals surface area contributed by atoms with Crippen molar-refractivity contribution >= 4 is 21.7 Å². The first-order valence-corrected chi connectivity index (χ1v) is 11.8. The molecule has 8 heteroatoms. The van der Waals surface area contributed by atoms with E-state index in [-0.39, 0.29) is 22.7 Å². The lowest BCUT2D eigenvalue weighted by molar-refractivity contribution is 0.0601. The summed E-state index contributed by atoms with van der Waals surface area (Å²) in [7, 11) is -1.25. The van der Waals surface area contributed by atoms with E-state index in [4.69, 9.17) is 9.47 Å². The lowest BCUT2D eigenvalue weighted by Gasteiger charge is -2.26. The Morgan fingerprint density at radius 2 is 1.59 bits per heavy atom. The molecule has 0 spiro atoms. The molecule has 0 fully saturated rings. The van der Waals surface area contributed by atoms with Crippen molar-refractivity contribution in [3.8, 4) is 17.6 Å². The summed E-state index contributed by atoms with van der Waals surface area (Å²) in [5, 5.41) is 0. The number of esters is 1. The number of hydrogen-bond donors (Lipinski definition) is 0. The summed E-state index contributed by atoms with van der Waals surface area (Å²) in [6, 6.07) is 11.1. The van der Waals surface area contributed by atoms with E-state index in [1.807, 2.05) is 13.8 Å². The highest BCUT2D eigenvalue weighted by molar-refractivity contribution is 7.92. The van der Waals surface area contributed by atoms with Crippen molar-refractivity contribution in [1.29, 1.82) is 0 Å². The van der Waals surface area contributed by atoms with Crippen molar-refractivity contribution in [2.75, 3.05) is 44.7 Å². The van der Waals surface area contributed by atoms with Gasteiger partial charge in [0.05, 0.1) is 43.5 Å². The number of sulfonamides is 1. The van der Waals surface area contributed by atoms with Crippen LogP contribution in [0.25, 0.3) is 0 Å². The average Bonchev–Trinajstić information content (AvgIpc) is 2.81. The first kappa shape index (κ1) is 25.2. The average molecular weight is 459 g/mol. The third kappa shape index (κ3) is 5.81. The Balaban J connectivity index is 2.58. The molecule has 2 aromatic carbocycles. The van der Waals surface area contributed by atoms with Gasteiger partial charge in [-0.2, -0.15) is 0 Å². The van der Waals surface area contributed by atoms with Crippen LogP contribution in [0.3, 0.4) is 0 Å². The molecule has 0 N–H and O–H groups in total. The number of rotatable bonds is 9. The van der Waals surface area contributed by atoms with E-state index in [1.54, 1.807) is 37.3 Å². The smallest absolute Gasteiger partial charge is 0.340 e. The van der Waals surface area contributed by atoms with Crippen LogP contribution >= 0.6 is 0 Å². The SMILES string of the molecule is CCN(CC)CC#CCN(c1c(C)cccc1C(=O)OC)S(=O)(=O)c1ccc(OC)cc1. The fraction of sp³-hybridized carbons (Fsp3) is 0.375. The van der Waals surface area contributed by atoms with Crippen LogP contribution in [0.2, 0.25) is 0 Å². The highest BCUT2D eigenvalue weighted by Crippen LogP contribution is 2.31. The summed E-state index contributed by atoms with van der Waals surface area (Å²) in [4.78, 5) is 14.6. The third-order valence-electron chi connectivity index (χ3n) is 5.08. The monoisotopic (exact) mass is 458 g/mol. The van der Waals surface area contributed by atoms with E-state index in [9.17, 15) is 13.2 Å². The Labute approximate surface area is 191 Å². The van der Waals surface area contributed by atoms with E-state index < -0.39 is 16.0 Å². The van der Waals surface area contributed by atoms with Crippen molar-refractivity contribution < 1.29 is 22.7 Å². The van der Waals surface area contributed by atoms with Gasteiger partial charge < -0.3 is 9.47 Å². The summed E-state index contributed by atoms with van der Waals surface area (Å²) < 4.78 is 38.5. The summed E-state index contributed by atoms with van der Waals surface area (Å²) in [5.41, 5.74) is 1.04. The fourth-order valence-electron chi connectivity index (χ4n) is 3.17. The van der Waals surface area contributed by atoms with E-state index >= 15 is 0 Å². The van der Waals surface area contributed by atoms with Crippen molar-refractivity contribution in [3.63, 3.8) is 0 Å². The number of methoxy groups -OCH3 is 2. The van der Waals surface area contributed by atoms with Gasteiger partial charge >= 0.3 is 5.97 Å². The molecule has 0 unspecified atom stereocenters. The van der Waals surface area contributed by atoms with Crippen LogP contribution in [0.5, 0.6) is 5.75 Å². The van der Waals surface area contributed by atoms with E-state index in [2.05, 4.69) is 16.7 Å². The van der Waals surface area contributed by atoms with Crippen LogP contribution in [-0.4, -0.2) is 59.7 Å². The Bertz CT molecular complexity index is 1080.